The van der Waals surface area contributed by atoms with Crippen LogP contribution >= 0.6 is 15.9 Å². The van der Waals surface area contributed by atoms with Gasteiger partial charge in [0.15, 0.2) is 5.76 Å². The second kappa shape index (κ2) is 15.9. The zero-order valence-corrected chi connectivity index (χ0v) is 42.1. The first-order valence-electron chi connectivity index (χ1n) is 25.2. The Hall–Kier alpha value is -4.26. The van der Waals surface area contributed by atoms with Crippen LogP contribution in [0.4, 0.5) is 0 Å². The van der Waals surface area contributed by atoms with Crippen molar-refractivity contribution in [1.82, 2.24) is 30.2 Å². The van der Waals surface area contributed by atoms with E-state index in [9.17, 15) is 24.6 Å². The van der Waals surface area contributed by atoms with E-state index in [-0.39, 0.29) is 34.6 Å². The Morgan fingerprint density at radius 2 is 1.88 bits per heavy atom. The van der Waals surface area contributed by atoms with Crippen LogP contribution in [0.25, 0.3) is 22.6 Å². The van der Waals surface area contributed by atoms with E-state index in [1.54, 1.807) is 24.3 Å². The Kier molecular flexibility index (Phi) is 10.8. The number of rotatable bonds is 5. The number of halogens is 1. The molecular weight excluding hydrogens is 925 g/mol. The average Bonchev–Trinajstić information content (AvgIpc) is 4.13. The molecule has 5 aliphatic carbocycles. The number of benzene rings is 1. The highest BCUT2D eigenvalue weighted by Gasteiger charge is 2.72. The van der Waals surface area contributed by atoms with Gasteiger partial charge < -0.3 is 29.9 Å². The van der Waals surface area contributed by atoms with Crippen molar-refractivity contribution in [2.24, 2.45) is 46.3 Å². The van der Waals surface area contributed by atoms with Crippen molar-refractivity contribution in [3.8, 4) is 12.3 Å². The molecule has 0 spiro atoms. The van der Waals surface area contributed by atoms with Gasteiger partial charge in [0.2, 0.25) is 17.5 Å². The van der Waals surface area contributed by atoms with E-state index in [0.717, 1.165) is 78.4 Å². The summed E-state index contributed by atoms with van der Waals surface area (Å²) in [6, 6.07) is 4.76. The van der Waals surface area contributed by atoms with Crippen molar-refractivity contribution in [2.75, 3.05) is 20.1 Å². The van der Waals surface area contributed by atoms with Crippen LogP contribution in [0.15, 0.2) is 45.2 Å². The number of aliphatic hydroxyl groups is 2. The number of carbonyl (C=O) groups is 3. The lowest BCUT2D eigenvalue weighted by Crippen LogP contribution is -2.71. The lowest BCUT2D eigenvalue weighted by atomic mass is 9.46. The summed E-state index contributed by atoms with van der Waals surface area (Å²) in [6.07, 6.45) is 21.9. The Labute approximate surface area is 407 Å². The van der Waals surface area contributed by atoms with Crippen LogP contribution in [0.2, 0.25) is 0 Å². The Bertz CT molecular complexity index is 2720. The molecule has 3 saturated carbocycles. The maximum Gasteiger partial charge on any atom is 0.281 e. The Morgan fingerprint density at radius 1 is 1.10 bits per heavy atom. The maximum atomic E-state index is 14.4. The number of hydrogen-bond acceptors (Lipinski definition) is 9. The van der Waals surface area contributed by atoms with Gasteiger partial charge in [0.05, 0.1) is 16.7 Å². The second-order valence-corrected chi connectivity index (χ2v) is 23.9. The van der Waals surface area contributed by atoms with Crippen LogP contribution in [-0.2, 0) is 32.0 Å². The number of aromatic nitrogens is 2. The normalized spacial score (nSPS) is 38.9. The van der Waals surface area contributed by atoms with Crippen LogP contribution in [0.3, 0.4) is 0 Å². The number of carbonyl (C=O) groups excluding carboxylic acids is 3. The van der Waals surface area contributed by atoms with Crippen molar-refractivity contribution in [3.63, 3.8) is 0 Å². The summed E-state index contributed by atoms with van der Waals surface area (Å²) in [4.78, 5) is 50.8. The number of ether oxygens (including phenoxy) is 1. The van der Waals surface area contributed by atoms with Gasteiger partial charge >= 0.3 is 0 Å². The summed E-state index contributed by atoms with van der Waals surface area (Å²) >= 11 is 3.70. The van der Waals surface area contributed by atoms with Gasteiger partial charge in [-0.2, -0.15) is 0 Å². The number of piperazine rings is 1. The van der Waals surface area contributed by atoms with Crippen LogP contribution < -0.4 is 5.32 Å². The van der Waals surface area contributed by atoms with E-state index in [4.69, 9.17) is 15.7 Å². The zero-order valence-electron chi connectivity index (χ0n) is 40.5. The number of allylic oxidation sites excluding steroid dienone is 1. The fourth-order valence-electron chi connectivity index (χ4n) is 15.3. The van der Waals surface area contributed by atoms with Gasteiger partial charge in [-0.15, -0.1) is 6.42 Å². The molecule has 9 aliphatic rings. The van der Waals surface area contributed by atoms with Gasteiger partial charge in [-0.05, 0) is 152 Å². The highest BCUT2D eigenvalue weighted by atomic mass is 79.9. The Balaban J connectivity index is 0.000000171. The van der Waals surface area contributed by atoms with E-state index in [1.807, 2.05) is 39.2 Å². The third kappa shape index (κ3) is 6.39. The number of amides is 3. The first kappa shape index (κ1) is 46.1. The molecule has 3 aromatic rings. The zero-order chi connectivity index (χ0) is 48.0. The molecule has 4 aliphatic heterocycles. The number of fused-ring (bicyclic) bond motifs is 11. The van der Waals surface area contributed by atoms with Gasteiger partial charge in [0.25, 0.3) is 11.8 Å². The first-order chi connectivity index (χ1) is 32.3. The number of H-pyrrole nitrogens is 1. The van der Waals surface area contributed by atoms with Gasteiger partial charge in [0.1, 0.15) is 17.7 Å². The molecule has 6 fully saturated rings. The second-order valence-electron chi connectivity index (χ2n) is 23.1. The van der Waals surface area contributed by atoms with E-state index >= 15 is 0 Å². The summed E-state index contributed by atoms with van der Waals surface area (Å²) in [5.41, 5.74) is 4.67. The van der Waals surface area contributed by atoms with Crippen LogP contribution in [0.5, 0.6) is 0 Å². The molecule has 14 heteroatoms. The molecule has 13 nitrogen and oxygen atoms in total. The SMILES string of the molecule is C#C[C@]1(O)CC[C@H]2[C@@H]3CCC4=Cc5oncc5C[C@]4(C)[C@H]3CC[C@@]21C.CC(C)C[C@H]1C(=O)N2CCC[C@H]2[C@]2(O)O[C@](NC(=O)[C@@H]3C=C4c5cccc6[nH]c(Br)c(c56)C[C@H]4N(C)C3)(C(C)C)C(=O)N12. The molecule has 362 valence electrons. The summed E-state index contributed by atoms with van der Waals surface area (Å²) < 4.78 is 12.9. The Morgan fingerprint density at radius 3 is 2.63 bits per heavy atom. The fraction of sp³-hybridized carbons (Fsp3) is 0.630. The van der Waals surface area contributed by atoms with Crippen molar-refractivity contribution in [1.29, 1.82) is 0 Å². The van der Waals surface area contributed by atoms with E-state index in [0.29, 0.717) is 43.7 Å². The molecule has 0 unspecified atom stereocenters. The number of hydrogen-bond donors (Lipinski definition) is 4. The summed E-state index contributed by atoms with van der Waals surface area (Å²) in [6.45, 7) is 13.3. The van der Waals surface area contributed by atoms with Crippen LogP contribution in [-0.4, -0.2) is 108 Å². The van der Waals surface area contributed by atoms with E-state index in [1.165, 1.54) is 27.8 Å². The lowest BCUT2D eigenvalue weighted by molar-refractivity contribution is -0.322. The average molecular weight is 992 g/mol. The van der Waals surface area contributed by atoms with Gasteiger partial charge in [0, 0.05) is 46.9 Å². The van der Waals surface area contributed by atoms with E-state index < -0.39 is 47.1 Å². The fourth-order valence-corrected chi connectivity index (χ4v) is 15.9. The summed E-state index contributed by atoms with van der Waals surface area (Å²) in [5.74, 6) is 1.62. The molecule has 12 atom stereocenters. The van der Waals surface area contributed by atoms with Crippen molar-refractivity contribution in [3.05, 3.63) is 63.1 Å². The standard InChI is InChI=1S/C32H40BrN5O5.C22H27NO2/c1-16(2)12-24-29(40)37-11-7-10-25(37)32(42)38(24)30(41)31(43-32,17(3)4)35-28(39)18-13-20-19-8-6-9-22-26(19)21(27(33)34-22)14-23(20)36(5)15-18;1-4-22(24)10-8-18-16-6-5-15-11-19-14(13-23-25-19)12-20(15,2)17(16)7-9-21(18,22)3/h6,8-9,13,16-18,23-25,34,42H,7,10-12,14-15H2,1-5H3,(H,35,39);1,11,13,16-18,24H,5-10,12H2,2-3H3/t18-,23-,24+,25+,31-,32+;16-,17+,18+,20+,21+,22+/m11/s1. The lowest BCUT2D eigenvalue weighted by Gasteiger charge is -2.58. The first-order valence-corrected chi connectivity index (χ1v) is 26.0. The molecule has 0 bridgehead atoms. The molecule has 6 heterocycles. The van der Waals surface area contributed by atoms with Gasteiger partial charge in [-0.3, -0.25) is 28.9 Å². The van der Waals surface area contributed by atoms with Gasteiger partial charge in [-0.25, -0.2) is 0 Å². The predicted octanol–water partition coefficient (Wildman–Crippen LogP) is 7.41. The minimum absolute atomic E-state index is 0.104. The minimum Gasteiger partial charge on any atom is -0.377 e. The topological polar surface area (TPSA) is 164 Å². The quantitative estimate of drug-likeness (QED) is 0.191. The van der Waals surface area contributed by atoms with Crippen molar-refractivity contribution < 1.29 is 33.9 Å². The summed E-state index contributed by atoms with van der Waals surface area (Å²) in [7, 11) is 2.03. The number of nitrogens with one attached hydrogen (secondary N) is 2. The highest BCUT2D eigenvalue weighted by molar-refractivity contribution is 9.10. The smallest absolute Gasteiger partial charge is 0.281 e. The highest BCUT2D eigenvalue weighted by Crippen LogP contribution is 2.67. The van der Waals surface area contributed by atoms with Gasteiger partial charge in [-0.1, -0.05) is 76.4 Å². The third-order valence-electron chi connectivity index (χ3n) is 18.9. The number of aromatic amines is 1. The number of likely N-dealkylation sites (N-methyl/N-ethyl adjacent to an activating group) is 1. The van der Waals surface area contributed by atoms with E-state index in [2.05, 4.69) is 74.3 Å². The summed E-state index contributed by atoms with van der Waals surface area (Å²) in [5, 5.41) is 31.4. The molecule has 0 radical (unpaired) electrons. The van der Waals surface area contributed by atoms with Crippen LogP contribution in [0, 0.1) is 58.7 Å². The molecule has 12 rings (SSSR count). The minimum atomic E-state index is -2.01. The largest absolute Gasteiger partial charge is 0.377 e. The molecule has 68 heavy (non-hydrogen) atoms. The third-order valence-corrected chi connectivity index (χ3v) is 19.6. The molecule has 2 aromatic heterocycles. The monoisotopic (exact) mass is 990 g/mol. The predicted molar refractivity (Wildman–Crippen MR) is 261 cm³/mol. The molecule has 4 N–H and O–H groups in total. The molecule has 3 amide bonds. The molecule has 3 saturated heterocycles. The van der Waals surface area contributed by atoms with Crippen LogP contribution in [0.1, 0.15) is 122 Å². The maximum absolute atomic E-state index is 14.4. The molecular formula is C54H67BrN6O7. The number of nitrogens with zero attached hydrogens (tertiary/aromatic N) is 4. The number of terminal acetylenes is 1. The van der Waals surface area contributed by atoms with Crippen molar-refractivity contribution in [2.45, 2.75) is 148 Å². The van der Waals surface area contributed by atoms with Crippen molar-refractivity contribution >= 4 is 56.2 Å². The molecule has 1 aromatic carbocycles.